The number of benzene rings is 1. The molecule has 1 N–H and O–H groups in total. The van der Waals surface area contributed by atoms with Crippen LogP contribution in [0.25, 0.3) is 0 Å². The maximum atomic E-state index is 12.2. The molecule has 1 aromatic carbocycles. The molecule has 5 heteroatoms. The molecule has 2 rings (SSSR count). The van der Waals surface area contributed by atoms with Gasteiger partial charge in [-0.1, -0.05) is 40.4 Å². The SMILES string of the molecule is O=C(NCC1CCCCC1CBr)c1ccc(Cl)cc1Br. The number of nitrogens with one attached hydrogen (secondary N) is 1. The van der Waals surface area contributed by atoms with Gasteiger partial charge in [0.25, 0.3) is 5.91 Å². The summed E-state index contributed by atoms with van der Waals surface area (Å²) in [7, 11) is 0. The van der Waals surface area contributed by atoms with Crippen LogP contribution in [0.4, 0.5) is 0 Å². The molecule has 0 saturated heterocycles. The van der Waals surface area contributed by atoms with E-state index in [1.54, 1.807) is 18.2 Å². The number of amides is 1. The summed E-state index contributed by atoms with van der Waals surface area (Å²) >= 11 is 12.9. The van der Waals surface area contributed by atoms with Crippen LogP contribution in [0.2, 0.25) is 5.02 Å². The summed E-state index contributed by atoms with van der Waals surface area (Å²) in [5, 5.41) is 4.71. The highest BCUT2D eigenvalue weighted by Gasteiger charge is 2.24. The van der Waals surface area contributed by atoms with Gasteiger partial charge < -0.3 is 5.32 Å². The molecule has 1 aromatic rings. The van der Waals surface area contributed by atoms with E-state index < -0.39 is 0 Å². The zero-order valence-electron chi connectivity index (χ0n) is 11.2. The van der Waals surface area contributed by atoms with Crippen LogP contribution in [0.1, 0.15) is 36.0 Å². The molecular formula is C15H18Br2ClNO. The monoisotopic (exact) mass is 421 g/mol. The minimum absolute atomic E-state index is 0.0348. The molecule has 0 spiro atoms. The zero-order chi connectivity index (χ0) is 14.5. The van der Waals surface area contributed by atoms with Crippen molar-refractivity contribution in [1.82, 2.24) is 5.32 Å². The Morgan fingerprint density at radius 2 is 2.00 bits per heavy atom. The van der Waals surface area contributed by atoms with E-state index in [2.05, 4.69) is 37.2 Å². The Morgan fingerprint density at radius 1 is 1.30 bits per heavy atom. The Morgan fingerprint density at radius 3 is 2.65 bits per heavy atom. The molecule has 2 unspecified atom stereocenters. The maximum Gasteiger partial charge on any atom is 0.252 e. The number of halogens is 3. The Labute approximate surface area is 141 Å². The lowest BCUT2D eigenvalue weighted by Crippen LogP contribution is -2.35. The predicted octanol–water partition coefficient (Wildman–Crippen LogP) is 5.03. The second-order valence-electron chi connectivity index (χ2n) is 5.29. The van der Waals surface area contributed by atoms with Gasteiger partial charge in [-0.3, -0.25) is 4.79 Å². The first kappa shape index (κ1) is 16.3. The second kappa shape index (κ2) is 7.81. The smallest absolute Gasteiger partial charge is 0.252 e. The topological polar surface area (TPSA) is 29.1 Å². The first-order chi connectivity index (χ1) is 9.61. The van der Waals surface area contributed by atoms with Crippen molar-refractivity contribution in [2.45, 2.75) is 25.7 Å². The Kier molecular flexibility index (Phi) is 6.37. The molecule has 1 amide bonds. The number of hydrogen-bond donors (Lipinski definition) is 1. The molecule has 0 aromatic heterocycles. The molecule has 110 valence electrons. The van der Waals surface area contributed by atoms with Crippen LogP contribution in [0.5, 0.6) is 0 Å². The Balaban J connectivity index is 1.94. The number of alkyl halides is 1. The van der Waals surface area contributed by atoms with Crippen molar-refractivity contribution in [3.63, 3.8) is 0 Å². The fraction of sp³-hybridized carbons (Fsp3) is 0.533. The summed E-state index contributed by atoms with van der Waals surface area (Å²) in [6.07, 6.45) is 5.05. The van der Waals surface area contributed by atoms with E-state index >= 15 is 0 Å². The third-order valence-electron chi connectivity index (χ3n) is 3.97. The van der Waals surface area contributed by atoms with Gasteiger partial charge in [0.05, 0.1) is 5.56 Å². The van der Waals surface area contributed by atoms with Crippen LogP contribution < -0.4 is 5.32 Å². The van der Waals surface area contributed by atoms with Crippen LogP contribution in [0, 0.1) is 11.8 Å². The van der Waals surface area contributed by atoms with E-state index in [1.165, 1.54) is 25.7 Å². The lowest BCUT2D eigenvalue weighted by Gasteiger charge is -2.30. The molecule has 0 heterocycles. The number of carbonyl (C=O) groups excluding carboxylic acids is 1. The summed E-state index contributed by atoms with van der Waals surface area (Å²) in [4.78, 5) is 12.2. The second-order valence-corrected chi connectivity index (χ2v) is 7.23. The number of rotatable bonds is 4. The summed E-state index contributed by atoms with van der Waals surface area (Å²) in [6, 6.07) is 5.24. The van der Waals surface area contributed by atoms with Gasteiger partial charge in [0.15, 0.2) is 0 Å². The summed E-state index contributed by atoms with van der Waals surface area (Å²) < 4.78 is 0.739. The van der Waals surface area contributed by atoms with E-state index in [0.29, 0.717) is 22.4 Å². The zero-order valence-corrected chi connectivity index (χ0v) is 15.1. The molecule has 2 nitrogen and oxygen atoms in total. The van der Waals surface area contributed by atoms with E-state index in [4.69, 9.17) is 11.6 Å². The highest BCUT2D eigenvalue weighted by molar-refractivity contribution is 9.10. The number of hydrogen-bond acceptors (Lipinski definition) is 1. The third-order valence-corrected chi connectivity index (χ3v) is 5.69. The average Bonchev–Trinajstić information content (AvgIpc) is 2.45. The lowest BCUT2D eigenvalue weighted by molar-refractivity contribution is 0.0936. The minimum atomic E-state index is -0.0348. The van der Waals surface area contributed by atoms with Gasteiger partial charge in [0.1, 0.15) is 0 Å². The molecule has 1 aliphatic rings. The highest BCUT2D eigenvalue weighted by Crippen LogP contribution is 2.31. The molecule has 2 atom stereocenters. The molecule has 20 heavy (non-hydrogen) atoms. The number of carbonyl (C=O) groups is 1. The van der Waals surface area contributed by atoms with Crippen molar-refractivity contribution in [2.75, 3.05) is 11.9 Å². The van der Waals surface area contributed by atoms with Crippen molar-refractivity contribution < 1.29 is 4.79 Å². The van der Waals surface area contributed by atoms with E-state index in [9.17, 15) is 4.79 Å². The van der Waals surface area contributed by atoms with Gasteiger partial charge in [-0.2, -0.15) is 0 Å². The predicted molar refractivity (Wildman–Crippen MR) is 90.7 cm³/mol. The van der Waals surface area contributed by atoms with Crippen LogP contribution in [-0.4, -0.2) is 17.8 Å². The van der Waals surface area contributed by atoms with Gasteiger partial charge in [-0.25, -0.2) is 0 Å². The van der Waals surface area contributed by atoms with Crippen molar-refractivity contribution in [1.29, 1.82) is 0 Å². The van der Waals surface area contributed by atoms with E-state index in [-0.39, 0.29) is 5.91 Å². The first-order valence-corrected chi connectivity index (χ1v) is 9.20. The van der Waals surface area contributed by atoms with Crippen LogP contribution >= 0.6 is 43.5 Å². The highest BCUT2D eigenvalue weighted by atomic mass is 79.9. The Hall–Kier alpha value is -0.0600. The molecular weight excluding hydrogens is 405 g/mol. The molecule has 1 fully saturated rings. The first-order valence-electron chi connectivity index (χ1n) is 6.91. The summed E-state index contributed by atoms with van der Waals surface area (Å²) in [6.45, 7) is 0.754. The van der Waals surface area contributed by atoms with Gasteiger partial charge >= 0.3 is 0 Å². The lowest BCUT2D eigenvalue weighted by atomic mass is 9.80. The maximum absolute atomic E-state index is 12.2. The fourth-order valence-electron chi connectivity index (χ4n) is 2.75. The van der Waals surface area contributed by atoms with Crippen LogP contribution in [0.15, 0.2) is 22.7 Å². The van der Waals surface area contributed by atoms with Crippen molar-refractivity contribution in [3.8, 4) is 0 Å². The van der Waals surface area contributed by atoms with Crippen LogP contribution in [-0.2, 0) is 0 Å². The van der Waals surface area contributed by atoms with Crippen molar-refractivity contribution in [3.05, 3.63) is 33.3 Å². The van der Waals surface area contributed by atoms with Gasteiger partial charge in [0, 0.05) is 21.4 Å². The van der Waals surface area contributed by atoms with Crippen LogP contribution in [0.3, 0.4) is 0 Å². The standard InChI is InChI=1S/C15H18Br2ClNO/c16-8-10-3-1-2-4-11(10)9-19-15(20)13-6-5-12(18)7-14(13)17/h5-7,10-11H,1-4,8-9H2,(H,19,20). The molecule has 1 saturated carbocycles. The fourth-order valence-corrected chi connectivity index (χ4v) is 4.46. The summed E-state index contributed by atoms with van der Waals surface area (Å²) in [5.41, 5.74) is 0.639. The minimum Gasteiger partial charge on any atom is -0.352 e. The van der Waals surface area contributed by atoms with E-state index in [0.717, 1.165) is 16.3 Å². The van der Waals surface area contributed by atoms with E-state index in [1.807, 2.05) is 0 Å². The molecule has 0 aliphatic heterocycles. The average molecular weight is 424 g/mol. The van der Waals surface area contributed by atoms with Gasteiger partial charge in [-0.05, 0) is 58.8 Å². The van der Waals surface area contributed by atoms with Gasteiger partial charge in [0.2, 0.25) is 0 Å². The quantitative estimate of drug-likeness (QED) is 0.676. The third kappa shape index (κ3) is 4.22. The largest absolute Gasteiger partial charge is 0.352 e. The molecule has 0 radical (unpaired) electrons. The van der Waals surface area contributed by atoms with Crippen molar-refractivity contribution in [2.24, 2.45) is 11.8 Å². The Bertz CT molecular complexity index is 481. The summed E-state index contributed by atoms with van der Waals surface area (Å²) in [5.74, 6) is 1.23. The molecule has 0 bridgehead atoms. The van der Waals surface area contributed by atoms with Gasteiger partial charge in [-0.15, -0.1) is 0 Å². The molecule has 1 aliphatic carbocycles. The van der Waals surface area contributed by atoms with Crippen molar-refractivity contribution >= 4 is 49.4 Å². The normalized spacial score (nSPS) is 22.6.